The van der Waals surface area contributed by atoms with Crippen molar-refractivity contribution in [3.63, 3.8) is 0 Å². The third kappa shape index (κ3) is 12.0. The fourth-order valence-electron chi connectivity index (χ4n) is 2.38. The molecule has 0 rings (SSSR count). The van der Waals surface area contributed by atoms with E-state index >= 15 is 0 Å². The molecule has 0 aromatic rings. The summed E-state index contributed by atoms with van der Waals surface area (Å²) in [5.41, 5.74) is 10.4. The van der Waals surface area contributed by atoms with E-state index in [1.54, 1.807) is 0 Å². The molecule has 0 aliphatic rings. The van der Waals surface area contributed by atoms with Crippen molar-refractivity contribution in [1.82, 2.24) is 16.0 Å². The van der Waals surface area contributed by atoms with Crippen LogP contribution in [-0.2, 0) is 33.6 Å². The largest absolute Gasteiger partial charge is 0.481 e. The van der Waals surface area contributed by atoms with Gasteiger partial charge >= 0.3 is 17.9 Å². The van der Waals surface area contributed by atoms with Gasteiger partial charge in [-0.1, -0.05) is 0 Å². The Morgan fingerprint density at radius 1 is 0.697 bits per heavy atom. The zero-order valence-electron chi connectivity index (χ0n) is 17.4. The summed E-state index contributed by atoms with van der Waals surface area (Å²) < 4.78 is 0. The second-order valence-corrected chi connectivity index (χ2v) is 6.85. The number of carbonyl (C=O) groups excluding carboxylic acids is 4. The van der Waals surface area contributed by atoms with Crippen LogP contribution in [0.2, 0.25) is 0 Å². The van der Waals surface area contributed by atoms with E-state index in [-0.39, 0.29) is 0 Å². The molecule has 0 aromatic heterocycles. The van der Waals surface area contributed by atoms with Gasteiger partial charge in [0.25, 0.3) is 0 Å². The van der Waals surface area contributed by atoms with E-state index in [1.807, 2.05) is 5.32 Å². The van der Waals surface area contributed by atoms with Crippen LogP contribution in [0.3, 0.4) is 0 Å². The Balaban J connectivity index is 5.56. The van der Waals surface area contributed by atoms with E-state index in [1.165, 1.54) is 0 Å². The predicted octanol–water partition coefficient (Wildman–Crippen LogP) is -4.55. The monoisotopic (exact) mass is 477 g/mol. The molecule has 16 nitrogen and oxygen atoms in total. The van der Waals surface area contributed by atoms with E-state index in [0.29, 0.717) is 0 Å². The molecule has 11 N–H and O–H groups in total. The molecule has 0 fully saturated rings. The van der Waals surface area contributed by atoms with E-state index < -0.39 is 104 Å². The molecule has 0 aromatic carbocycles. The molecule has 0 bridgehead atoms. The van der Waals surface area contributed by atoms with Crippen molar-refractivity contribution in [2.45, 2.75) is 56.3 Å². The number of aliphatic hydroxyl groups excluding tert-OH is 1. The Bertz CT molecular complexity index is 772. The number of nitrogens with two attached hydrogens (primary N) is 2. The normalized spacial score (nSPS) is 14.1. The number of hydrogen-bond donors (Lipinski definition) is 9. The molecule has 0 spiro atoms. The molecule has 0 saturated carbocycles. The van der Waals surface area contributed by atoms with Gasteiger partial charge in [0.1, 0.15) is 24.2 Å². The van der Waals surface area contributed by atoms with Crippen molar-refractivity contribution in [3.8, 4) is 0 Å². The summed E-state index contributed by atoms with van der Waals surface area (Å²) >= 11 is 0. The SMILES string of the molecule is NC(=O)CC(NC(=O)C(N)CO)C(=O)NC(CCC(=O)O)C(=O)NC(CCC(=O)O)C(=O)O. The minimum Gasteiger partial charge on any atom is -0.481 e. The Morgan fingerprint density at radius 2 is 1.12 bits per heavy atom. The molecule has 0 aliphatic carbocycles. The summed E-state index contributed by atoms with van der Waals surface area (Å²) in [6.45, 7) is -0.784. The van der Waals surface area contributed by atoms with Crippen LogP contribution in [0, 0.1) is 0 Å². The molecule has 33 heavy (non-hydrogen) atoms. The zero-order chi connectivity index (χ0) is 25.7. The molecular formula is C17H27N5O11. The van der Waals surface area contributed by atoms with Crippen LogP contribution in [-0.4, -0.2) is 92.7 Å². The number of carboxylic acids is 3. The topological polar surface area (TPSA) is 289 Å². The first-order chi connectivity index (χ1) is 15.3. The number of nitrogens with one attached hydrogen (secondary N) is 3. The summed E-state index contributed by atoms with van der Waals surface area (Å²) in [4.78, 5) is 81.0. The first-order valence-corrected chi connectivity index (χ1v) is 9.50. The first kappa shape index (κ1) is 29.2. The van der Waals surface area contributed by atoms with Crippen molar-refractivity contribution >= 4 is 41.5 Å². The van der Waals surface area contributed by atoms with Crippen LogP contribution in [0.15, 0.2) is 0 Å². The Kier molecular flexibility index (Phi) is 12.7. The smallest absolute Gasteiger partial charge is 0.326 e. The number of amides is 4. The lowest BCUT2D eigenvalue weighted by Crippen LogP contribution is -2.58. The van der Waals surface area contributed by atoms with E-state index in [4.69, 9.17) is 31.9 Å². The van der Waals surface area contributed by atoms with Gasteiger partial charge in [0.15, 0.2) is 0 Å². The Labute approximate surface area is 186 Å². The first-order valence-electron chi connectivity index (χ1n) is 9.50. The van der Waals surface area contributed by atoms with Crippen LogP contribution >= 0.6 is 0 Å². The van der Waals surface area contributed by atoms with Crippen molar-refractivity contribution in [3.05, 3.63) is 0 Å². The van der Waals surface area contributed by atoms with Gasteiger partial charge in [-0.05, 0) is 12.8 Å². The standard InChI is InChI=1S/C17H27N5O11/c18-7(6-23)14(29)22-10(5-11(19)24)16(31)20-8(1-3-12(25)26)15(30)21-9(17(32)33)2-4-13(27)28/h7-10,23H,1-6,18H2,(H2,19,24)(H,20,31)(H,21,30)(H,22,29)(H,25,26)(H,27,28)(H,32,33). The minimum absolute atomic E-state index is 0.491. The van der Waals surface area contributed by atoms with E-state index in [0.717, 1.165) is 0 Å². The maximum Gasteiger partial charge on any atom is 0.326 e. The highest BCUT2D eigenvalue weighted by atomic mass is 16.4. The third-order valence-corrected chi connectivity index (χ3v) is 4.11. The third-order valence-electron chi connectivity index (χ3n) is 4.11. The lowest BCUT2D eigenvalue weighted by atomic mass is 10.1. The van der Waals surface area contributed by atoms with Crippen LogP contribution in [0.1, 0.15) is 32.1 Å². The van der Waals surface area contributed by atoms with Gasteiger partial charge < -0.3 is 47.8 Å². The van der Waals surface area contributed by atoms with Gasteiger partial charge in [-0.3, -0.25) is 28.8 Å². The van der Waals surface area contributed by atoms with Crippen LogP contribution in [0.25, 0.3) is 0 Å². The average molecular weight is 477 g/mol. The average Bonchev–Trinajstić information content (AvgIpc) is 2.71. The lowest BCUT2D eigenvalue weighted by Gasteiger charge is -2.24. The van der Waals surface area contributed by atoms with Crippen LogP contribution in [0.4, 0.5) is 0 Å². The molecule has 0 radical (unpaired) electrons. The Hall–Kier alpha value is -3.79. The van der Waals surface area contributed by atoms with Gasteiger partial charge in [-0.15, -0.1) is 0 Å². The number of carboxylic acid groups (broad SMARTS) is 3. The van der Waals surface area contributed by atoms with Gasteiger partial charge in [0.05, 0.1) is 13.0 Å². The molecule has 16 heteroatoms. The molecular weight excluding hydrogens is 450 g/mol. The second kappa shape index (κ2) is 14.3. The molecule has 0 aliphatic heterocycles. The number of rotatable bonds is 16. The van der Waals surface area contributed by atoms with Crippen LogP contribution < -0.4 is 27.4 Å². The van der Waals surface area contributed by atoms with Gasteiger partial charge in [0, 0.05) is 12.8 Å². The van der Waals surface area contributed by atoms with Crippen molar-refractivity contribution < 1.29 is 54.0 Å². The Morgan fingerprint density at radius 3 is 1.55 bits per heavy atom. The minimum atomic E-state index is -1.65. The highest BCUT2D eigenvalue weighted by molar-refractivity contribution is 5.96. The number of primary amides is 1. The van der Waals surface area contributed by atoms with Crippen molar-refractivity contribution in [2.75, 3.05) is 6.61 Å². The molecule has 186 valence electrons. The van der Waals surface area contributed by atoms with Crippen molar-refractivity contribution in [2.24, 2.45) is 11.5 Å². The highest BCUT2D eigenvalue weighted by Crippen LogP contribution is 2.04. The summed E-state index contributed by atoms with van der Waals surface area (Å²) in [6, 6.07) is -6.36. The number of carbonyl (C=O) groups is 7. The van der Waals surface area contributed by atoms with E-state index in [9.17, 15) is 33.6 Å². The molecule has 0 saturated heterocycles. The van der Waals surface area contributed by atoms with E-state index in [2.05, 4.69) is 10.6 Å². The zero-order valence-corrected chi connectivity index (χ0v) is 17.4. The number of aliphatic hydroxyl groups is 1. The summed E-state index contributed by atoms with van der Waals surface area (Å²) in [6.07, 6.45) is -2.96. The molecule has 4 amide bonds. The maximum atomic E-state index is 12.6. The fourth-order valence-corrected chi connectivity index (χ4v) is 2.38. The lowest BCUT2D eigenvalue weighted by molar-refractivity contribution is -0.144. The fraction of sp³-hybridized carbons (Fsp3) is 0.588. The summed E-state index contributed by atoms with van der Waals surface area (Å²) in [7, 11) is 0. The van der Waals surface area contributed by atoms with Crippen LogP contribution in [0.5, 0.6) is 0 Å². The summed E-state index contributed by atoms with van der Waals surface area (Å²) in [5, 5.41) is 41.8. The quantitative estimate of drug-likeness (QED) is 0.101. The number of aliphatic carboxylic acids is 3. The second-order valence-electron chi connectivity index (χ2n) is 6.85. The maximum absolute atomic E-state index is 12.6. The molecule has 4 atom stereocenters. The molecule has 0 heterocycles. The van der Waals surface area contributed by atoms with Gasteiger partial charge in [0.2, 0.25) is 23.6 Å². The van der Waals surface area contributed by atoms with Crippen molar-refractivity contribution in [1.29, 1.82) is 0 Å². The molecule has 4 unspecified atom stereocenters. The number of hydrogen-bond acceptors (Lipinski definition) is 9. The predicted molar refractivity (Wildman–Crippen MR) is 106 cm³/mol. The highest BCUT2D eigenvalue weighted by Gasteiger charge is 2.31. The van der Waals surface area contributed by atoms with Gasteiger partial charge in [-0.25, -0.2) is 4.79 Å². The summed E-state index contributed by atoms with van der Waals surface area (Å²) in [5.74, 6) is -8.57. The van der Waals surface area contributed by atoms with Gasteiger partial charge in [-0.2, -0.15) is 0 Å².